The maximum absolute atomic E-state index is 13.8. The fraction of sp³-hybridized carbons (Fsp3) is 0.259. The Balaban J connectivity index is 1.19. The smallest absolute Gasteiger partial charge is 0.321 e. The number of piperidine rings is 1. The molecular weight excluding hydrogens is 467 g/mol. The molecule has 0 N–H and O–H groups in total. The number of fused-ring (bicyclic) bond motifs is 2. The van der Waals surface area contributed by atoms with Crippen molar-refractivity contribution in [3.8, 4) is 11.4 Å². The number of para-hydroxylation sites is 2. The molecule has 2 aromatic heterocycles. The highest BCUT2D eigenvalue weighted by Crippen LogP contribution is 2.32. The molecule has 9 heteroatoms. The van der Waals surface area contributed by atoms with Crippen LogP contribution in [0.5, 0.6) is 5.75 Å². The maximum atomic E-state index is 13.8. The fourth-order valence-electron chi connectivity index (χ4n) is 4.94. The lowest BCUT2D eigenvalue weighted by atomic mass is 10.1. The van der Waals surface area contributed by atoms with Gasteiger partial charge in [0.05, 0.1) is 27.9 Å². The van der Waals surface area contributed by atoms with Crippen molar-refractivity contribution in [2.24, 2.45) is 0 Å². The number of anilines is 1. The van der Waals surface area contributed by atoms with E-state index in [2.05, 4.69) is 10.1 Å². The molecule has 6 rings (SSSR count). The van der Waals surface area contributed by atoms with Crippen LogP contribution in [-0.2, 0) is 0 Å². The lowest BCUT2D eigenvalue weighted by molar-refractivity contribution is 0.0752. The Morgan fingerprint density at radius 3 is 2.53 bits per heavy atom. The molecule has 1 fully saturated rings. The molecule has 0 saturated carbocycles. The van der Waals surface area contributed by atoms with E-state index in [4.69, 9.17) is 4.74 Å². The first-order chi connectivity index (χ1) is 17.5. The van der Waals surface area contributed by atoms with Gasteiger partial charge in [0.25, 0.3) is 0 Å². The normalized spacial score (nSPS) is 14.9. The summed E-state index contributed by atoms with van der Waals surface area (Å²) in [6, 6.07) is 19.1. The number of hydrogen-bond donors (Lipinski definition) is 0. The van der Waals surface area contributed by atoms with E-state index in [1.807, 2.05) is 36.1 Å². The molecule has 1 saturated heterocycles. The van der Waals surface area contributed by atoms with Gasteiger partial charge >= 0.3 is 6.55 Å². The topological polar surface area (TPSA) is 48.1 Å². The van der Waals surface area contributed by atoms with Gasteiger partial charge in [0.2, 0.25) is 5.95 Å². The van der Waals surface area contributed by atoms with Gasteiger partial charge in [0.15, 0.2) is 0 Å². The molecule has 6 nitrogen and oxygen atoms in total. The third kappa shape index (κ3) is 3.94. The number of ether oxygens (including phenoxy) is 1. The second-order valence-electron chi connectivity index (χ2n) is 9.01. The number of benzene rings is 3. The van der Waals surface area contributed by atoms with Gasteiger partial charge in [-0.3, -0.25) is 4.57 Å². The monoisotopic (exact) mass is 491 g/mol. The van der Waals surface area contributed by atoms with Gasteiger partial charge in [-0.15, -0.1) is 0 Å². The molecule has 3 aromatic carbocycles. The highest BCUT2D eigenvalue weighted by molar-refractivity contribution is 5.84. The molecular formula is C27H24F3N5O. The summed E-state index contributed by atoms with van der Waals surface area (Å²) < 4.78 is 50.4. The molecule has 36 heavy (non-hydrogen) atoms. The summed E-state index contributed by atoms with van der Waals surface area (Å²) in [4.78, 5) is 6.38. The van der Waals surface area contributed by atoms with Crippen LogP contribution in [0.2, 0.25) is 0 Å². The summed E-state index contributed by atoms with van der Waals surface area (Å²) in [5.41, 5.74) is 3.34. The molecule has 0 bridgehead atoms. The Kier molecular flexibility index (Phi) is 5.55. The zero-order valence-corrected chi connectivity index (χ0v) is 19.6. The van der Waals surface area contributed by atoms with Crippen LogP contribution in [-0.4, -0.2) is 38.5 Å². The third-order valence-corrected chi connectivity index (χ3v) is 6.69. The van der Waals surface area contributed by atoms with E-state index in [0.29, 0.717) is 48.6 Å². The third-order valence-electron chi connectivity index (χ3n) is 6.69. The van der Waals surface area contributed by atoms with Crippen LogP contribution >= 0.6 is 0 Å². The van der Waals surface area contributed by atoms with Gasteiger partial charge in [0, 0.05) is 31.3 Å². The minimum atomic E-state index is -2.66. The van der Waals surface area contributed by atoms with Crippen LogP contribution in [0.25, 0.3) is 27.6 Å². The van der Waals surface area contributed by atoms with Crippen molar-refractivity contribution in [1.82, 2.24) is 19.3 Å². The Bertz CT molecular complexity index is 1550. The van der Waals surface area contributed by atoms with E-state index in [-0.39, 0.29) is 11.9 Å². The number of imidazole rings is 1. The molecule has 1 aliphatic heterocycles. The van der Waals surface area contributed by atoms with Crippen molar-refractivity contribution in [3.05, 3.63) is 78.2 Å². The number of hydrogen-bond acceptors (Lipinski definition) is 4. The number of alkyl halides is 2. The minimum Gasteiger partial charge on any atom is -0.490 e. The molecule has 5 aromatic rings. The first-order valence-corrected chi connectivity index (χ1v) is 11.9. The van der Waals surface area contributed by atoms with Crippen molar-refractivity contribution < 1.29 is 17.9 Å². The van der Waals surface area contributed by atoms with Gasteiger partial charge < -0.3 is 9.64 Å². The molecule has 0 spiro atoms. The van der Waals surface area contributed by atoms with Crippen LogP contribution in [0.15, 0.2) is 66.7 Å². The maximum Gasteiger partial charge on any atom is 0.321 e. The van der Waals surface area contributed by atoms with Gasteiger partial charge in [-0.05, 0) is 55.5 Å². The average molecular weight is 492 g/mol. The number of rotatable bonds is 5. The van der Waals surface area contributed by atoms with Crippen LogP contribution < -0.4 is 9.64 Å². The molecule has 0 radical (unpaired) electrons. The highest BCUT2D eigenvalue weighted by atomic mass is 19.3. The first-order valence-electron chi connectivity index (χ1n) is 11.9. The van der Waals surface area contributed by atoms with Crippen molar-refractivity contribution >= 4 is 27.9 Å². The van der Waals surface area contributed by atoms with Crippen LogP contribution in [0.1, 0.15) is 25.1 Å². The van der Waals surface area contributed by atoms with Gasteiger partial charge in [-0.1, -0.05) is 18.2 Å². The van der Waals surface area contributed by atoms with Crippen molar-refractivity contribution in [1.29, 1.82) is 0 Å². The molecule has 3 heterocycles. The fourth-order valence-corrected chi connectivity index (χ4v) is 4.94. The zero-order chi connectivity index (χ0) is 24.8. The second-order valence-corrected chi connectivity index (χ2v) is 9.01. The Hall–Kier alpha value is -4.01. The number of nitrogens with zero attached hydrogens (tertiary/aromatic N) is 5. The lowest BCUT2D eigenvalue weighted by Crippen LogP contribution is -2.39. The van der Waals surface area contributed by atoms with Gasteiger partial charge in [0.1, 0.15) is 17.7 Å². The van der Waals surface area contributed by atoms with E-state index >= 15 is 0 Å². The van der Waals surface area contributed by atoms with E-state index in [9.17, 15) is 13.2 Å². The summed E-state index contributed by atoms with van der Waals surface area (Å²) in [6.07, 6.45) is 1.33. The Morgan fingerprint density at radius 2 is 1.75 bits per heavy atom. The summed E-state index contributed by atoms with van der Waals surface area (Å²) in [5, 5.41) is 5.52. The number of aryl methyl sites for hydroxylation is 1. The first kappa shape index (κ1) is 22.5. The van der Waals surface area contributed by atoms with Gasteiger partial charge in [-0.25, -0.2) is 14.1 Å². The summed E-state index contributed by atoms with van der Waals surface area (Å²) in [5.74, 6) is 0.707. The predicted molar refractivity (Wildman–Crippen MR) is 133 cm³/mol. The van der Waals surface area contributed by atoms with Crippen molar-refractivity contribution in [2.75, 3.05) is 18.0 Å². The quantitative estimate of drug-likeness (QED) is 0.291. The molecule has 0 amide bonds. The van der Waals surface area contributed by atoms with E-state index < -0.39 is 6.55 Å². The molecule has 1 aliphatic rings. The van der Waals surface area contributed by atoms with Crippen LogP contribution in [0.4, 0.5) is 19.1 Å². The number of halogens is 3. The van der Waals surface area contributed by atoms with E-state index in [1.165, 1.54) is 12.1 Å². The predicted octanol–water partition coefficient (Wildman–Crippen LogP) is 6.27. The van der Waals surface area contributed by atoms with Crippen molar-refractivity contribution in [3.63, 3.8) is 0 Å². The van der Waals surface area contributed by atoms with Gasteiger partial charge in [-0.2, -0.15) is 13.9 Å². The highest BCUT2D eigenvalue weighted by Gasteiger charge is 2.27. The summed E-state index contributed by atoms with van der Waals surface area (Å²) >= 11 is 0. The molecule has 0 unspecified atom stereocenters. The Labute approximate surface area is 205 Å². The minimum absolute atomic E-state index is 0.0401. The molecule has 0 atom stereocenters. The largest absolute Gasteiger partial charge is 0.490 e. The average Bonchev–Trinajstić information content (AvgIpc) is 3.43. The second kappa shape index (κ2) is 8.89. The van der Waals surface area contributed by atoms with Crippen LogP contribution in [0, 0.1) is 12.7 Å². The zero-order valence-electron chi connectivity index (χ0n) is 19.6. The number of aromatic nitrogens is 4. The van der Waals surface area contributed by atoms with E-state index in [1.54, 1.807) is 35.0 Å². The Morgan fingerprint density at radius 1 is 0.944 bits per heavy atom. The van der Waals surface area contributed by atoms with Crippen LogP contribution in [0.3, 0.4) is 0 Å². The lowest BCUT2D eigenvalue weighted by Gasteiger charge is -2.33. The van der Waals surface area contributed by atoms with E-state index in [0.717, 1.165) is 26.9 Å². The standard InChI is InChI=1S/C27H24F3N5O/c1-17-22-16-21(9-10-24(22)35(32-17)19-6-4-5-18(28)15-19)36-20-11-13-33(14-12-20)27-31-23-7-2-3-8-25(23)34(27)26(29)30/h2-10,15-16,20,26H,11-14H2,1H3. The SMILES string of the molecule is Cc1nn(-c2cccc(F)c2)c2ccc(OC3CCN(c4nc5ccccc5n4C(F)F)CC3)cc12. The van der Waals surface area contributed by atoms with Crippen molar-refractivity contribution in [2.45, 2.75) is 32.4 Å². The summed E-state index contributed by atoms with van der Waals surface area (Å²) in [7, 11) is 0. The summed E-state index contributed by atoms with van der Waals surface area (Å²) in [6.45, 7) is 0.388. The molecule has 0 aliphatic carbocycles. The molecule has 184 valence electrons.